The molecule has 2 aromatic rings. The van der Waals surface area contributed by atoms with Gasteiger partial charge < -0.3 is 0 Å². The molecule has 12 heavy (non-hydrogen) atoms. The first kappa shape index (κ1) is 7.50. The van der Waals surface area contributed by atoms with Crippen LogP contribution in [0.1, 0.15) is 5.69 Å². The van der Waals surface area contributed by atoms with E-state index in [0.717, 1.165) is 16.6 Å². The maximum Gasteiger partial charge on any atom is 0.155 e. The minimum Gasteiger partial charge on any atom is -0.253 e. The Morgan fingerprint density at radius 3 is 3.08 bits per heavy atom. The number of rotatable bonds is 0. The molecule has 0 radical (unpaired) electrons. The Labute approximate surface area is 75.2 Å². The molecule has 3 heteroatoms. The van der Waals surface area contributed by atoms with Gasteiger partial charge >= 0.3 is 0 Å². The fraction of sp³-hybridized carbons (Fsp3) is 0.111. The standard InChI is InChI=1S/C9H7ClN2/c1-6-5-7-3-2-4-11-8(7)9(10)12-6/h2-5H,1H3. The van der Waals surface area contributed by atoms with Crippen molar-refractivity contribution in [2.75, 3.05) is 0 Å². The van der Waals surface area contributed by atoms with Gasteiger partial charge in [-0.25, -0.2) is 4.98 Å². The third-order valence-corrected chi connectivity index (χ3v) is 1.94. The van der Waals surface area contributed by atoms with Gasteiger partial charge in [0.1, 0.15) is 5.52 Å². The Morgan fingerprint density at radius 1 is 1.42 bits per heavy atom. The van der Waals surface area contributed by atoms with Crippen LogP contribution < -0.4 is 0 Å². The lowest BCUT2D eigenvalue weighted by molar-refractivity contribution is 1.21. The average Bonchev–Trinajstić information content (AvgIpc) is 2.04. The fourth-order valence-corrected chi connectivity index (χ4v) is 1.46. The zero-order chi connectivity index (χ0) is 8.55. The first-order valence-corrected chi connectivity index (χ1v) is 4.03. The lowest BCUT2D eigenvalue weighted by Gasteiger charge is -1.99. The summed E-state index contributed by atoms with van der Waals surface area (Å²) in [5.41, 5.74) is 1.69. The molecule has 0 bridgehead atoms. The number of hydrogen-bond donors (Lipinski definition) is 0. The van der Waals surface area contributed by atoms with Gasteiger partial charge in [-0.05, 0) is 19.1 Å². The highest BCUT2D eigenvalue weighted by Gasteiger charge is 2.00. The summed E-state index contributed by atoms with van der Waals surface area (Å²) in [6, 6.07) is 5.83. The molecule has 60 valence electrons. The van der Waals surface area contributed by atoms with Crippen molar-refractivity contribution in [2.24, 2.45) is 0 Å². The maximum absolute atomic E-state index is 5.89. The number of nitrogens with zero attached hydrogens (tertiary/aromatic N) is 2. The van der Waals surface area contributed by atoms with Crippen molar-refractivity contribution in [3.05, 3.63) is 35.2 Å². The molecular weight excluding hydrogens is 172 g/mol. The highest BCUT2D eigenvalue weighted by molar-refractivity contribution is 6.33. The van der Waals surface area contributed by atoms with Crippen molar-refractivity contribution in [3.63, 3.8) is 0 Å². The number of fused-ring (bicyclic) bond motifs is 1. The topological polar surface area (TPSA) is 25.8 Å². The van der Waals surface area contributed by atoms with Gasteiger partial charge in [0.25, 0.3) is 0 Å². The number of hydrogen-bond acceptors (Lipinski definition) is 2. The highest BCUT2D eigenvalue weighted by atomic mass is 35.5. The van der Waals surface area contributed by atoms with Crippen LogP contribution in [0.3, 0.4) is 0 Å². The van der Waals surface area contributed by atoms with E-state index in [0.29, 0.717) is 5.15 Å². The predicted molar refractivity (Wildman–Crippen MR) is 49.3 cm³/mol. The number of pyridine rings is 2. The number of aromatic nitrogens is 2. The van der Waals surface area contributed by atoms with Crippen molar-refractivity contribution >= 4 is 22.5 Å². The van der Waals surface area contributed by atoms with E-state index in [9.17, 15) is 0 Å². The third-order valence-electron chi connectivity index (χ3n) is 1.67. The van der Waals surface area contributed by atoms with E-state index in [-0.39, 0.29) is 0 Å². The fourth-order valence-electron chi connectivity index (χ4n) is 1.17. The summed E-state index contributed by atoms with van der Waals surface area (Å²) in [5.74, 6) is 0. The predicted octanol–water partition coefficient (Wildman–Crippen LogP) is 2.59. The summed E-state index contributed by atoms with van der Waals surface area (Å²) in [6.45, 7) is 1.92. The van der Waals surface area contributed by atoms with Crippen LogP contribution in [-0.4, -0.2) is 9.97 Å². The quantitative estimate of drug-likeness (QED) is 0.580. The summed E-state index contributed by atoms with van der Waals surface area (Å²) in [7, 11) is 0. The van der Waals surface area contributed by atoms with Crippen LogP contribution in [0, 0.1) is 6.92 Å². The SMILES string of the molecule is Cc1cc2cccnc2c(Cl)n1. The maximum atomic E-state index is 5.89. The largest absolute Gasteiger partial charge is 0.253 e. The van der Waals surface area contributed by atoms with Gasteiger partial charge in [0.05, 0.1) is 0 Å². The molecule has 0 atom stereocenters. The van der Waals surface area contributed by atoms with Crippen molar-refractivity contribution in [1.82, 2.24) is 9.97 Å². The first-order valence-electron chi connectivity index (χ1n) is 3.65. The Bertz CT molecular complexity index is 426. The Kier molecular flexibility index (Phi) is 1.70. The second-order valence-electron chi connectivity index (χ2n) is 2.63. The molecule has 2 aromatic heterocycles. The molecule has 2 rings (SSSR count). The minimum atomic E-state index is 0.477. The molecule has 0 aliphatic rings. The summed E-state index contributed by atoms with van der Waals surface area (Å²) < 4.78 is 0. The van der Waals surface area contributed by atoms with Crippen LogP contribution in [-0.2, 0) is 0 Å². The summed E-state index contributed by atoms with van der Waals surface area (Å²) in [4.78, 5) is 8.23. The summed E-state index contributed by atoms with van der Waals surface area (Å²) >= 11 is 5.89. The van der Waals surface area contributed by atoms with E-state index in [1.165, 1.54) is 0 Å². The lowest BCUT2D eigenvalue weighted by Crippen LogP contribution is -1.85. The number of halogens is 1. The van der Waals surface area contributed by atoms with E-state index in [2.05, 4.69) is 9.97 Å². The zero-order valence-corrected chi connectivity index (χ0v) is 7.34. The van der Waals surface area contributed by atoms with Crippen LogP contribution >= 0.6 is 11.6 Å². The molecule has 2 nitrogen and oxygen atoms in total. The van der Waals surface area contributed by atoms with Crippen molar-refractivity contribution in [3.8, 4) is 0 Å². The molecule has 0 N–H and O–H groups in total. The van der Waals surface area contributed by atoms with Gasteiger partial charge in [-0.15, -0.1) is 0 Å². The second kappa shape index (κ2) is 2.72. The molecular formula is C9H7ClN2. The molecule has 0 aliphatic heterocycles. The minimum absolute atomic E-state index is 0.477. The van der Waals surface area contributed by atoms with Crippen LogP contribution in [0.25, 0.3) is 10.9 Å². The third kappa shape index (κ3) is 1.14. The van der Waals surface area contributed by atoms with E-state index in [1.54, 1.807) is 6.20 Å². The Morgan fingerprint density at radius 2 is 2.25 bits per heavy atom. The molecule has 2 heterocycles. The van der Waals surface area contributed by atoms with Crippen molar-refractivity contribution < 1.29 is 0 Å². The highest BCUT2D eigenvalue weighted by Crippen LogP contribution is 2.19. The van der Waals surface area contributed by atoms with Crippen LogP contribution in [0.4, 0.5) is 0 Å². The van der Waals surface area contributed by atoms with Gasteiger partial charge in [-0.3, -0.25) is 4.98 Å². The van der Waals surface area contributed by atoms with E-state index in [4.69, 9.17) is 11.6 Å². The van der Waals surface area contributed by atoms with Crippen LogP contribution in [0.2, 0.25) is 5.15 Å². The average molecular weight is 179 g/mol. The van der Waals surface area contributed by atoms with Gasteiger partial charge in [-0.2, -0.15) is 0 Å². The molecule has 0 amide bonds. The van der Waals surface area contributed by atoms with E-state index < -0.39 is 0 Å². The van der Waals surface area contributed by atoms with Gasteiger partial charge in [0, 0.05) is 17.3 Å². The molecule has 0 unspecified atom stereocenters. The summed E-state index contributed by atoms with van der Waals surface area (Å²) in [5, 5.41) is 1.51. The van der Waals surface area contributed by atoms with Gasteiger partial charge in [-0.1, -0.05) is 17.7 Å². The smallest absolute Gasteiger partial charge is 0.155 e. The molecule has 0 aliphatic carbocycles. The van der Waals surface area contributed by atoms with Crippen molar-refractivity contribution in [1.29, 1.82) is 0 Å². The molecule has 0 saturated heterocycles. The molecule has 0 saturated carbocycles. The van der Waals surface area contributed by atoms with Gasteiger partial charge in [0.2, 0.25) is 0 Å². The van der Waals surface area contributed by atoms with E-state index in [1.807, 2.05) is 25.1 Å². The monoisotopic (exact) mass is 178 g/mol. The summed E-state index contributed by atoms with van der Waals surface area (Å²) in [6.07, 6.45) is 1.71. The molecule has 0 spiro atoms. The zero-order valence-electron chi connectivity index (χ0n) is 6.58. The lowest BCUT2D eigenvalue weighted by atomic mass is 10.2. The van der Waals surface area contributed by atoms with E-state index >= 15 is 0 Å². The first-order chi connectivity index (χ1) is 5.77. The van der Waals surface area contributed by atoms with Crippen LogP contribution in [0.5, 0.6) is 0 Å². The molecule has 0 fully saturated rings. The molecule has 0 aromatic carbocycles. The van der Waals surface area contributed by atoms with Gasteiger partial charge in [0.15, 0.2) is 5.15 Å². The number of aryl methyl sites for hydroxylation is 1. The van der Waals surface area contributed by atoms with Crippen molar-refractivity contribution in [2.45, 2.75) is 6.92 Å². The Hall–Kier alpha value is -1.15. The second-order valence-corrected chi connectivity index (χ2v) is 2.99. The normalized spacial score (nSPS) is 10.5. The van der Waals surface area contributed by atoms with Crippen LogP contribution in [0.15, 0.2) is 24.4 Å². The Balaban J connectivity index is 2.89.